The summed E-state index contributed by atoms with van der Waals surface area (Å²) >= 11 is 6.56. The maximum Gasteiger partial charge on any atom is 0.252 e. The number of aromatic nitrogens is 3. The number of unbranched alkanes of at least 4 members (excludes halogenated alkanes) is 2. The first-order chi connectivity index (χ1) is 15.1. The molecule has 0 bridgehead atoms. The molecule has 2 aromatic heterocycles. The summed E-state index contributed by atoms with van der Waals surface area (Å²) in [5.41, 5.74) is 2.29. The van der Waals surface area contributed by atoms with Crippen molar-refractivity contribution in [3.05, 3.63) is 51.8 Å². The largest absolute Gasteiger partial charge is 0.341 e. The fourth-order valence-corrected chi connectivity index (χ4v) is 4.49. The third kappa shape index (κ3) is 4.60. The first kappa shape index (κ1) is 21.8. The molecule has 0 atom stereocenters. The Morgan fingerprint density at radius 1 is 1.13 bits per heavy atom. The Morgan fingerprint density at radius 2 is 1.90 bits per heavy atom. The van der Waals surface area contributed by atoms with Crippen LogP contribution in [0.15, 0.2) is 41.2 Å². The van der Waals surface area contributed by atoms with Gasteiger partial charge in [0.2, 0.25) is 5.95 Å². The molecule has 1 fully saturated rings. The van der Waals surface area contributed by atoms with E-state index in [4.69, 9.17) is 21.6 Å². The predicted molar refractivity (Wildman–Crippen MR) is 128 cm³/mol. The Kier molecular flexibility index (Phi) is 6.88. The molecular weight excluding hydrogens is 410 g/mol. The Morgan fingerprint density at radius 3 is 2.65 bits per heavy atom. The van der Waals surface area contributed by atoms with Crippen LogP contribution in [0.25, 0.3) is 22.3 Å². The van der Waals surface area contributed by atoms with Crippen LogP contribution in [0.1, 0.15) is 39.0 Å². The van der Waals surface area contributed by atoms with Crippen LogP contribution in [0.4, 0.5) is 5.95 Å². The van der Waals surface area contributed by atoms with E-state index < -0.39 is 0 Å². The second kappa shape index (κ2) is 9.79. The van der Waals surface area contributed by atoms with Gasteiger partial charge in [-0.05, 0) is 44.5 Å². The van der Waals surface area contributed by atoms with Crippen LogP contribution < -0.4 is 15.8 Å². The van der Waals surface area contributed by atoms with Gasteiger partial charge in [0.05, 0.1) is 5.69 Å². The SMILES string of the molecule is CCCCCn1c(=O)ccc2c(-c3ccccc3Cl)nc(N(C)C3CCNCC3)nc21. The van der Waals surface area contributed by atoms with Gasteiger partial charge < -0.3 is 10.2 Å². The molecule has 0 aliphatic carbocycles. The predicted octanol–water partition coefficient (Wildman–Crippen LogP) is 4.49. The number of fused-ring (bicyclic) bond motifs is 1. The van der Waals surface area contributed by atoms with Gasteiger partial charge in [0.15, 0.2) is 0 Å². The Labute approximate surface area is 188 Å². The van der Waals surface area contributed by atoms with E-state index in [9.17, 15) is 4.79 Å². The summed E-state index contributed by atoms with van der Waals surface area (Å²) < 4.78 is 1.80. The monoisotopic (exact) mass is 439 g/mol. The van der Waals surface area contributed by atoms with Crippen molar-refractivity contribution in [3.63, 3.8) is 0 Å². The van der Waals surface area contributed by atoms with E-state index in [-0.39, 0.29) is 5.56 Å². The summed E-state index contributed by atoms with van der Waals surface area (Å²) in [4.78, 5) is 24.8. The molecule has 1 aliphatic rings. The number of halogens is 1. The molecular formula is C24H30ClN5O. The van der Waals surface area contributed by atoms with Crippen molar-refractivity contribution >= 4 is 28.6 Å². The zero-order valence-electron chi connectivity index (χ0n) is 18.3. The first-order valence-corrected chi connectivity index (χ1v) is 11.6. The number of piperidine rings is 1. The normalized spacial score (nSPS) is 14.8. The molecule has 4 rings (SSSR count). The minimum atomic E-state index is -0.0251. The van der Waals surface area contributed by atoms with Gasteiger partial charge in [-0.2, -0.15) is 4.98 Å². The van der Waals surface area contributed by atoms with E-state index in [0.717, 1.165) is 61.8 Å². The highest BCUT2D eigenvalue weighted by molar-refractivity contribution is 6.33. The lowest BCUT2D eigenvalue weighted by Gasteiger charge is -2.32. The molecule has 31 heavy (non-hydrogen) atoms. The van der Waals surface area contributed by atoms with E-state index in [0.29, 0.717) is 29.2 Å². The van der Waals surface area contributed by atoms with Crippen LogP contribution in [0, 0.1) is 0 Å². The van der Waals surface area contributed by atoms with Crippen LogP contribution in [0.5, 0.6) is 0 Å². The van der Waals surface area contributed by atoms with Gasteiger partial charge in [0.1, 0.15) is 5.65 Å². The summed E-state index contributed by atoms with van der Waals surface area (Å²) in [7, 11) is 2.05. The number of rotatable bonds is 7. The molecule has 7 heteroatoms. The van der Waals surface area contributed by atoms with Crippen LogP contribution in [0.2, 0.25) is 5.02 Å². The molecule has 1 N–H and O–H groups in total. The van der Waals surface area contributed by atoms with Crippen LogP contribution >= 0.6 is 11.6 Å². The second-order valence-electron chi connectivity index (χ2n) is 8.21. The lowest BCUT2D eigenvalue weighted by Crippen LogP contribution is -2.42. The third-order valence-electron chi connectivity index (χ3n) is 6.11. The number of benzene rings is 1. The Bertz CT molecular complexity index is 1110. The molecule has 164 valence electrons. The highest BCUT2D eigenvalue weighted by atomic mass is 35.5. The van der Waals surface area contributed by atoms with Crippen molar-refractivity contribution in [2.75, 3.05) is 25.0 Å². The number of aryl methyl sites for hydroxylation is 1. The molecule has 0 unspecified atom stereocenters. The molecule has 1 aliphatic heterocycles. The van der Waals surface area contributed by atoms with E-state index in [1.165, 1.54) is 0 Å². The smallest absolute Gasteiger partial charge is 0.252 e. The van der Waals surface area contributed by atoms with Crippen LogP contribution in [-0.4, -0.2) is 40.7 Å². The summed E-state index contributed by atoms with van der Waals surface area (Å²) in [6.45, 7) is 4.79. The van der Waals surface area contributed by atoms with Crippen molar-refractivity contribution in [1.29, 1.82) is 0 Å². The second-order valence-corrected chi connectivity index (χ2v) is 8.62. The average Bonchev–Trinajstić information content (AvgIpc) is 2.80. The van der Waals surface area contributed by atoms with Crippen molar-refractivity contribution in [3.8, 4) is 11.3 Å². The molecule has 0 saturated carbocycles. The molecule has 1 aromatic carbocycles. The van der Waals surface area contributed by atoms with Gasteiger partial charge in [-0.3, -0.25) is 9.36 Å². The van der Waals surface area contributed by atoms with Gasteiger partial charge in [-0.15, -0.1) is 0 Å². The Hall–Kier alpha value is -2.44. The number of nitrogens with zero attached hydrogens (tertiary/aromatic N) is 4. The van der Waals surface area contributed by atoms with Crippen molar-refractivity contribution < 1.29 is 0 Å². The molecule has 0 radical (unpaired) electrons. The fraction of sp³-hybridized carbons (Fsp3) is 0.458. The van der Waals surface area contributed by atoms with Gasteiger partial charge in [-0.1, -0.05) is 49.6 Å². The highest BCUT2D eigenvalue weighted by Gasteiger charge is 2.23. The number of anilines is 1. The maximum absolute atomic E-state index is 12.8. The van der Waals surface area contributed by atoms with Crippen LogP contribution in [0.3, 0.4) is 0 Å². The molecule has 1 saturated heterocycles. The van der Waals surface area contributed by atoms with E-state index in [1.807, 2.05) is 30.3 Å². The molecule has 3 heterocycles. The van der Waals surface area contributed by atoms with Crippen molar-refractivity contribution in [2.45, 2.75) is 51.6 Å². The third-order valence-corrected chi connectivity index (χ3v) is 6.44. The van der Waals surface area contributed by atoms with Crippen molar-refractivity contribution in [1.82, 2.24) is 19.9 Å². The van der Waals surface area contributed by atoms with E-state index in [1.54, 1.807) is 10.6 Å². The topological polar surface area (TPSA) is 63.1 Å². The molecule has 0 spiro atoms. The van der Waals surface area contributed by atoms with Gasteiger partial charge in [-0.25, -0.2) is 4.98 Å². The van der Waals surface area contributed by atoms with Gasteiger partial charge in [0, 0.05) is 41.7 Å². The average molecular weight is 440 g/mol. The number of pyridine rings is 1. The lowest BCUT2D eigenvalue weighted by molar-refractivity contribution is 0.440. The van der Waals surface area contributed by atoms with E-state index in [2.05, 4.69) is 24.2 Å². The van der Waals surface area contributed by atoms with Crippen LogP contribution in [-0.2, 0) is 6.54 Å². The van der Waals surface area contributed by atoms with Gasteiger partial charge >= 0.3 is 0 Å². The zero-order valence-corrected chi connectivity index (χ0v) is 19.0. The maximum atomic E-state index is 12.8. The van der Waals surface area contributed by atoms with Gasteiger partial charge in [0.25, 0.3) is 5.56 Å². The molecule has 6 nitrogen and oxygen atoms in total. The number of hydrogen-bond acceptors (Lipinski definition) is 5. The summed E-state index contributed by atoms with van der Waals surface area (Å²) in [5, 5.41) is 4.90. The summed E-state index contributed by atoms with van der Waals surface area (Å²) in [5.74, 6) is 0.643. The van der Waals surface area contributed by atoms with Crippen molar-refractivity contribution in [2.24, 2.45) is 0 Å². The first-order valence-electron chi connectivity index (χ1n) is 11.2. The quantitative estimate of drug-likeness (QED) is 0.549. The summed E-state index contributed by atoms with van der Waals surface area (Å²) in [6.07, 6.45) is 5.20. The molecule has 0 amide bonds. The standard InChI is InChI=1S/C24H30ClN5O/c1-3-4-7-16-30-21(31)11-10-19-22(18-8-5-6-9-20(18)25)27-24(28-23(19)30)29(2)17-12-14-26-15-13-17/h5-6,8-11,17,26H,3-4,7,12-16H2,1-2H3. The number of hydrogen-bond donors (Lipinski definition) is 1. The lowest BCUT2D eigenvalue weighted by atomic mass is 10.1. The minimum Gasteiger partial charge on any atom is -0.341 e. The fourth-order valence-electron chi connectivity index (χ4n) is 4.26. The molecule has 3 aromatic rings. The Balaban J connectivity index is 1.90. The highest BCUT2D eigenvalue weighted by Crippen LogP contribution is 2.33. The van der Waals surface area contributed by atoms with E-state index >= 15 is 0 Å². The number of nitrogens with one attached hydrogen (secondary N) is 1. The zero-order chi connectivity index (χ0) is 21.8. The summed E-state index contributed by atoms with van der Waals surface area (Å²) in [6, 6.07) is 11.5. The minimum absolute atomic E-state index is 0.0251.